The number of rotatable bonds is 1. The highest BCUT2D eigenvalue weighted by Gasteiger charge is 2.30. The van der Waals surface area contributed by atoms with Crippen molar-refractivity contribution in [2.24, 2.45) is 15.7 Å². The Balaban J connectivity index is 1.96. The van der Waals surface area contributed by atoms with E-state index in [0.717, 1.165) is 41.5 Å². The van der Waals surface area contributed by atoms with E-state index >= 15 is 0 Å². The van der Waals surface area contributed by atoms with Crippen molar-refractivity contribution in [1.82, 2.24) is 0 Å². The fourth-order valence-corrected chi connectivity index (χ4v) is 2.96. The van der Waals surface area contributed by atoms with Crippen molar-refractivity contribution in [1.29, 1.82) is 0 Å². The first-order valence-electron chi connectivity index (χ1n) is 7.15. The molecule has 4 heteroatoms. The summed E-state index contributed by atoms with van der Waals surface area (Å²) in [5, 5.41) is 0. The number of hydrogen-bond acceptors (Lipinski definition) is 4. The van der Waals surface area contributed by atoms with E-state index in [-0.39, 0.29) is 0 Å². The van der Waals surface area contributed by atoms with E-state index in [2.05, 4.69) is 34.2 Å². The molecule has 2 aromatic carbocycles. The van der Waals surface area contributed by atoms with E-state index in [4.69, 9.17) is 10.7 Å². The molecule has 2 N–H and O–H groups in total. The summed E-state index contributed by atoms with van der Waals surface area (Å²) in [6.07, 6.45) is -0.407. The Bertz CT molecular complexity index is 733. The molecular formula is C17H16N4. The van der Waals surface area contributed by atoms with Gasteiger partial charge in [-0.3, -0.25) is 9.98 Å². The smallest absolute Gasteiger partial charge is 0.156 e. The molecule has 1 atom stereocenters. The van der Waals surface area contributed by atoms with Gasteiger partial charge in [0.2, 0.25) is 0 Å². The van der Waals surface area contributed by atoms with Gasteiger partial charge in [0, 0.05) is 17.7 Å². The van der Waals surface area contributed by atoms with Gasteiger partial charge in [-0.05, 0) is 6.07 Å². The molecule has 0 saturated carbocycles. The van der Waals surface area contributed by atoms with Crippen LogP contribution in [0.2, 0.25) is 0 Å². The summed E-state index contributed by atoms with van der Waals surface area (Å²) in [6.45, 7) is 1.66. The van der Waals surface area contributed by atoms with Gasteiger partial charge in [0.25, 0.3) is 0 Å². The van der Waals surface area contributed by atoms with E-state index in [1.165, 1.54) is 0 Å². The number of para-hydroxylation sites is 1. The van der Waals surface area contributed by atoms with Crippen molar-refractivity contribution in [3.63, 3.8) is 0 Å². The summed E-state index contributed by atoms with van der Waals surface area (Å²) >= 11 is 0. The van der Waals surface area contributed by atoms with Crippen molar-refractivity contribution in [3.05, 3.63) is 65.7 Å². The van der Waals surface area contributed by atoms with Gasteiger partial charge >= 0.3 is 0 Å². The van der Waals surface area contributed by atoms with Gasteiger partial charge in [-0.1, -0.05) is 48.5 Å². The first kappa shape index (κ1) is 12.3. The zero-order valence-electron chi connectivity index (χ0n) is 11.6. The van der Waals surface area contributed by atoms with Crippen molar-refractivity contribution in [3.8, 4) is 0 Å². The average Bonchev–Trinajstić information content (AvgIpc) is 2.99. The maximum Gasteiger partial charge on any atom is 0.156 e. The van der Waals surface area contributed by atoms with Gasteiger partial charge in [0.15, 0.2) is 6.17 Å². The molecule has 2 aliphatic rings. The molecule has 21 heavy (non-hydrogen) atoms. The topological polar surface area (TPSA) is 54.0 Å². The molecule has 4 rings (SSSR count). The Morgan fingerprint density at radius 3 is 2.62 bits per heavy atom. The molecule has 2 aromatic rings. The maximum absolute atomic E-state index is 6.27. The van der Waals surface area contributed by atoms with E-state index in [1.54, 1.807) is 0 Å². The summed E-state index contributed by atoms with van der Waals surface area (Å²) in [7, 11) is 0. The summed E-state index contributed by atoms with van der Waals surface area (Å²) in [6, 6.07) is 18.5. The number of nitrogens with zero attached hydrogens (tertiary/aromatic N) is 3. The lowest BCUT2D eigenvalue weighted by molar-refractivity contribution is 0.909. The lowest BCUT2D eigenvalue weighted by Crippen LogP contribution is -2.39. The summed E-state index contributed by atoms with van der Waals surface area (Å²) < 4.78 is 0. The monoisotopic (exact) mass is 276 g/mol. The summed E-state index contributed by atoms with van der Waals surface area (Å²) in [5.74, 6) is 0.869. The van der Waals surface area contributed by atoms with Crippen molar-refractivity contribution in [2.45, 2.75) is 6.17 Å². The van der Waals surface area contributed by atoms with Gasteiger partial charge in [-0.25, -0.2) is 0 Å². The highest BCUT2D eigenvalue weighted by atomic mass is 15.3. The lowest BCUT2D eigenvalue weighted by Gasteiger charge is -2.21. The third kappa shape index (κ3) is 1.96. The van der Waals surface area contributed by atoms with Crippen LogP contribution in [0.1, 0.15) is 11.1 Å². The summed E-state index contributed by atoms with van der Waals surface area (Å²) in [5.41, 5.74) is 10.6. The number of benzene rings is 2. The molecule has 0 radical (unpaired) electrons. The minimum absolute atomic E-state index is 0.407. The second kappa shape index (κ2) is 4.82. The first-order valence-corrected chi connectivity index (χ1v) is 7.15. The van der Waals surface area contributed by atoms with E-state index in [1.807, 2.05) is 30.3 Å². The molecule has 0 aliphatic carbocycles. The third-order valence-electron chi connectivity index (χ3n) is 3.90. The van der Waals surface area contributed by atoms with Crippen LogP contribution in [-0.2, 0) is 0 Å². The lowest BCUT2D eigenvalue weighted by atomic mass is 10.0. The highest BCUT2D eigenvalue weighted by Crippen LogP contribution is 2.29. The summed E-state index contributed by atoms with van der Waals surface area (Å²) in [4.78, 5) is 11.5. The van der Waals surface area contributed by atoms with Crippen LogP contribution in [0, 0.1) is 0 Å². The molecule has 2 heterocycles. The minimum atomic E-state index is -0.407. The molecule has 0 bridgehead atoms. The second-order valence-electron chi connectivity index (χ2n) is 5.20. The average molecular weight is 276 g/mol. The molecular weight excluding hydrogens is 260 g/mol. The van der Waals surface area contributed by atoms with Crippen LogP contribution >= 0.6 is 0 Å². The zero-order valence-corrected chi connectivity index (χ0v) is 11.6. The Kier molecular flexibility index (Phi) is 2.82. The number of nitrogens with two attached hydrogens (primary N) is 1. The number of fused-ring (bicyclic) bond motifs is 3. The predicted octanol–water partition coefficient (Wildman–Crippen LogP) is 2.04. The molecule has 0 fully saturated rings. The molecule has 0 saturated heterocycles. The predicted molar refractivity (Wildman–Crippen MR) is 86.1 cm³/mol. The number of aliphatic imine (C=N–C) groups is 2. The van der Waals surface area contributed by atoms with Gasteiger partial charge in [-0.2, -0.15) is 0 Å². The largest absolute Gasteiger partial charge is 0.325 e. The molecule has 1 unspecified atom stereocenters. The van der Waals surface area contributed by atoms with Crippen LogP contribution in [0.5, 0.6) is 0 Å². The van der Waals surface area contributed by atoms with Crippen molar-refractivity contribution >= 4 is 17.2 Å². The van der Waals surface area contributed by atoms with Crippen molar-refractivity contribution < 1.29 is 0 Å². The van der Waals surface area contributed by atoms with Crippen LogP contribution in [0.25, 0.3) is 0 Å². The standard InChI is InChI=1S/C17H16N4/c18-16-17-19-10-11-21(17)14-9-5-4-8-13(14)15(20-16)12-6-2-1-3-7-12/h1-9,16H,10-11,18H2. The normalized spacial score (nSPS) is 20.2. The molecule has 0 aromatic heterocycles. The van der Waals surface area contributed by atoms with Gasteiger partial charge in [-0.15, -0.1) is 0 Å². The fourth-order valence-electron chi connectivity index (χ4n) is 2.96. The van der Waals surface area contributed by atoms with E-state index < -0.39 is 6.17 Å². The fraction of sp³-hybridized carbons (Fsp3) is 0.176. The number of hydrogen-bond donors (Lipinski definition) is 1. The Morgan fingerprint density at radius 1 is 1.00 bits per heavy atom. The quantitative estimate of drug-likeness (QED) is 0.866. The molecule has 2 aliphatic heterocycles. The van der Waals surface area contributed by atoms with Crippen LogP contribution in [-0.4, -0.2) is 30.8 Å². The van der Waals surface area contributed by atoms with Crippen molar-refractivity contribution in [2.75, 3.05) is 18.0 Å². The zero-order chi connectivity index (χ0) is 14.2. The minimum Gasteiger partial charge on any atom is -0.325 e. The van der Waals surface area contributed by atoms with Crippen LogP contribution in [0.4, 0.5) is 5.69 Å². The molecule has 0 amide bonds. The number of amidine groups is 1. The Labute approximate surface area is 123 Å². The Hall–Kier alpha value is -2.46. The van der Waals surface area contributed by atoms with Gasteiger partial charge in [0.1, 0.15) is 5.84 Å². The van der Waals surface area contributed by atoms with Crippen LogP contribution in [0.3, 0.4) is 0 Å². The van der Waals surface area contributed by atoms with Crippen LogP contribution < -0.4 is 10.6 Å². The van der Waals surface area contributed by atoms with Gasteiger partial charge < -0.3 is 10.6 Å². The molecule has 4 nitrogen and oxygen atoms in total. The van der Waals surface area contributed by atoms with E-state index in [9.17, 15) is 0 Å². The molecule has 0 spiro atoms. The number of anilines is 1. The second-order valence-corrected chi connectivity index (χ2v) is 5.20. The Morgan fingerprint density at radius 2 is 1.76 bits per heavy atom. The molecule has 104 valence electrons. The first-order chi connectivity index (χ1) is 10.3. The van der Waals surface area contributed by atoms with Crippen LogP contribution in [0.15, 0.2) is 64.6 Å². The highest BCUT2D eigenvalue weighted by molar-refractivity contribution is 6.21. The third-order valence-corrected chi connectivity index (χ3v) is 3.90. The maximum atomic E-state index is 6.27. The van der Waals surface area contributed by atoms with E-state index in [0.29, 0.717) is 0 Å². The SMILES string of the molecule is NC1N=C(c2ccccc2)c2ccccc2N2CCN=C12. The van der Waals surface area contributed by atoms with Gasteiger partial charge in [0.05, 0.1) is 17.9 Å².